The van der Waals surface area contributed by atoms with Crippen LogP contribution in [0.1, 0.15) is 26.2 Å². The summed E-state index contributed by atoms with van der Waals surface area (Å²) in [6.45, 7) is 2.09. The Hall–Kier alpha value is -0.350. The number of aliphatic hydroxyl groups is 1. The van der Waals surface area contributed by atoms with Crippen LogP contribution in [0.3, 0.4) is 0 Å². The number of hydrogen-bond donors (Lipinski definition) is 1. The molecule has 2 unspecified atom stereocenters. The van der Waals surface area contributed by atoms with E-state index < -0.39 is 0 Å². The minimum atomic E-state index is -0.246. The van der Waals surface area contributed by atoms with Crippen LogP contribution < -0.4 is 0 Å². The number of aliphatic hydroxyl groups excluding tert-OH is 1. The van der Waals surface area contributed by atoms with Crippen LogP contribution in [0.15, 0.2) is 0 Å². The maximum absolute atomic E-state index is 8.89. The van der Waals surface area contributed by atoms with Crippen molar-refractivity contribution >= 4 is 17.5 Å². The van der Waals surface area contributed by atoms with Gasteiger partial charge in [0.2, 0.25) is 0 Å². The standard InChI is InChI=1S/C8H14O3S/c1-2-3-4-6-7(5-9)11-8(12)10-6/h6-7,9H,2-5H2,1H3. The molecule has 0 radical (unpaired) electrons. The second kappa shape index (κ2) is 4.62. The molecule has 0 aromatic heterocycles. The molecule has 1 N–H and O–H groups in total. The molecule has 1 fully saturated rings. The zero-order valence-electron chi connectivity index (χ0n) is 7.16. The van der Waals surface area contributed by atoms with Gasteiger partial charge in [-0.1, -0.05) is 13.3 Å². The fourth-order valence-electron chi connectivity index (χ4n) is 1.23. The second-order valence-electron chi connectivity index (χ2n) is 2.89. The average Bonchev–Trinajstić information content (AvgIpc) is 2.42. The van der Waals surface area contributed by atoms with Crippen molar-refractivity contribution in [2.45, 2.75) is 38.4 Å². The average molecular weight is 190 g/mol. The summed E-state index contributed by atoms with van der Waals surface area (Å²) >= 11 is 4.73. The van der Waals surface area contributed by atoms with Gasteiger partial charge in [-0.15, -0.1) is 0 Å². The van der Waals surface area contributed by atoms with Crippen molar-refractivity contribution in [3.8, 4) is 0 Å². The van der Waals surface area contributed by atoms with Crippen molar-refractivity contribution in [3.05, 3.63) is 0 Å². The van der Waals surface area contributed by atoms with Crippen molar-refractivity contribution in [2.24, 2.45) is 0 Å². The van der Waals surface area contributed by atoms with Gasteiger partial charge in [0.1, 0.15) is 6.10 Å². The molecule has 0 aromatic rings. The SMILES string of the molecule is CCCCC1OC(=S)OC1CO. The fraction of sp³-hybridized carbons (Fsp3) is 0.875. The Labute approximate surface area is 77.7 Å². The molecule has 70 valence electrons. The smallest absolute Gasteiger partial charge is 0.353 e. The lowest BCUT2D eigenvalue weighted by molar-refractivity contribution is 0.0831. The summed E-state index contributed by atoms with van der Waals surface area (Å²) in [5.41, 5.74) is 0. The predicted molar refractivity (Wildman–Crippen MR) is 49.0 cm³/mol. The summed E-state index contributed by atoms with van der Waals surface area (Å²) in [5, 5.41) is 9.06. The van der Waals surface area contributed by atoms with Crippen LogP contribution in [0, 0.1) is 0 Å². The number of unbranched alkanes of at least 4 members (excludes halogenated alkanes) is 1. The van der Waals surface area contributed by atoms with Gasteiger partial charge >= 0.3 is 5.24 Å². The lowest BCUT2D eigenvalue weighted by Crippen LogP contribution is -2.25. The molecule has 1 aliphatic rings. The van der Waals surface area contributed by atoms with E-state index in [1.165, 1.54) is 0 Å². The van der Waals surface area contributed by atoms with Gasteiger partial charge in [-0.2, -0.15) is 0 Å². The highest BCUT2D eigenvalue weighted by molar-refractivity contribution is 7.79. The number of ether oxygens (including phenoxy) is 2. The molecule has 0 amide bonds. The fourth-order valence-corrected chi connectivity index (χ4v) is 1.48. The molecular formula is C8H14O3S. The summed E-state index contributed by atoms with van der Waals surface area (Å²) in [6, 6.07) is 0. The minimum absolute atomic E-state index is 0.0193. The van der Waals surface area contributed by atoms with Gasteiger partial charge in [0.15, 0.2) is 6.10 Å². The summed E-state index contributed by atoms with van der Waals surface area (Å²) in [4.78, 5) is 0. The van der Waals surface area contributed by atoms with Crippen LogP contribution in [0.25, 0.3) is 0 Å². The van der Waals surface area contributed by atoms with E-state index in [0.717, 1.165) is 19.3 Å². The normalized spacial score (nSPS) is 28.3. The summed E-state index contributed by atoms with van der Waals surface area (Å²) in [6.07, 6.45) is 2.81. The summed E-state index contributed by atoms with van der Waals surface area (Å²) in [7, 11) is 0. The monoisotopic (exact) mass is 190 g/mol. The van der Waals surface area contributed by atoms with Crippen molar-refractivity contribution in [1.82, 2.24) is 0 Å². The quantitative estimate of drug-likeness (QED) is 0.677. The number of hydrogen-bond acceptors (Lipinski definition) is 4. The zero-order chi connectivity index (χ0) is 8.97. The van der Waals surface area contributed by atoms with Crippen LogP contribution >= 0.6 is 12.2 Å². The van der Waals surface area contributed by atoms with Crippen molar-refractivity contribution in [3.63, 3.8) is 0 Å². The maximum Gasteiger partial charge on any atom is 0.353 e. The molecule has 0 aromatic carbocycles. The summed E-state index contributed by atoms with van der Waals surface area (Å²) < 4.78 is 10.3. The Morgan fingerprint density at radius 1 is 1.42 bits per heavy atom. The van der Waals surface area contributed by atoms with Crippen LogP contribution in [-0.2, 0) is 9.47 Å². The van der Waals surface area contributed by atoms with E-state index in [1.807, 2.05) is 0 Å². The maximum atomic E-state index is 8.89. The highest BCUT2D eigenvalue weighted by Crippen LogP contribution is 2.19. The Balaban J connectivity index is 2.35. The predicted octanol–water partition coefficient (Wildman–Crippen LogP) is 1.24. The molecule has 12 heavy (non-hydrogen) atoms. The van der Waals surface area contributed by atoms with Crippen molar-refractivity contribution in [1.29, 1.82) is 0 Å². The Kier molecular flexibility index (Phi) is 3.75. The third-order valence-corrected chi connectivity index (χ3v) is 2.12. The Morgan fingerprint density at radius 3 is 2.67 bits per heavy atom. The molecule has 1 saturated heterocycles. The van der Waals surface area contributed by atoms with Crippen molar-refractivity contribution in [2.75, 3.05) is 6.61 Å². The van der Waals surface area contributed by atoms with Gasteiger partial charge in [0.25, 0.3) is 0 Å². The zero-order valence-corrected chi connectivity index (χ0v) is 7.97. The van der Waals surface area contributed by atoms with Gasteiger partial charge in [0, 0.05) is 12.2 Å². The van der Waals surface area contributed by atoms with Crippen LogP contribution in [0.5, 0.6) is 0 Å². The molecule has 3 nitrogen and oxygen atoms in total. The van der Waals surface area contributed by atoms with Gasteiger partial charge in [-0.05, 0) is 12.8 Å². The van der Waals surface area contributed by atoms with Gasteiger partial charge in [-0.25, -0.2) is 0 Å². The van der Waals surface area contributed by atoms with Crippen LogP contribution in [0.4, 0.5) is 0 Å². The van der Waals surface area contributed by atoms with E-state index in [1.54, 1.807) is 0 Å². The molecule has 0 bridgehead atoms. The molecule has 2 atom stereocenters. The molecule has 0 saturated carbocycles. The third-order valence-electron chi connectivity index (χ3n) is 1.93. The summed E-state index contributed by atoms with van der Waals surface area (Å²) in [5.74, 6) is 0. The van der Waals surface area contributed by atoms with E-state index in [-0.39, 0.29) is 24.1 Å². The number of rotatable bonds is 4. The van der Waals surface area contributed by atoms with E-state index in [0.29, 0.717) is 0 Å². The van der Waals surface area contributed by atoms with E-state index in [2.05, 4.69) is 6.92 Å². The highest BCUT2D eigenvalue weighted by atomic mass is 32.1. The molecule has 4 heteroatoms. The third kappa shape index (κ3) is 2.32. The first-order valence-electron chi connectivity index (χ1n) is 4.26. The van der Waals surface area contributed by atoms with E-state index in [4.69, 9.17) is 26.8 Å². The Bertz CT molecular complexity index is 160. The second-order valence-corrected chi connectivity index (χ2v) is 3.22. The van der Waals surface area contributed by atoms with Crippen molar-refractivity contribution < 1.29 is 14.6 Å². The topological polar surface area (TPSA) is 38.7 Å². The van der Waals surface area contributed by atoms with Gasteiger partial charge in [0.05, 0.1) is 6.61 Å². The molecular weight excluding hydrogens is 176 g/mol. The van der Waals surface area contributed by atoms with E-state index >= 15 is 0 Å². The molecule has 1 rings (SSSR count). The molecule has 0 aliphatic carbocycles. The lowest BCUT2D eigenvalue weighted by atomic mass is 10.1. The first kappa shape index (κ1) is 9.74. The molecule has 1 aliphatic heterocycles. The van der Waals surface area contributed by atoms with E-state index in [9.17, 15) is 0 Å². The number of thiocarbonyl (C=S) groups is 1. The first-order chi connectivity index (χ1) is 5.77. The van der Waals surface area contributed by atoms with Crippen LogP contribution in [-0.4, -0.2) is 29.2 Å². The van der Waals surface area contributed by atoms with Gasteiger partial charge in [-0.3, -0.25) is 0 Å². The highest BCUT2D eigenvalue weighted by Gasteiger charge is 2.32. The Morgan fingerprint density at radius 2 is 2.08 bits per heavy atom. The molecule has 0 spiro atoms. The minimum Gasteiger partial charge on any atom is -0.450 e. The first-order valence-corrected chi connectivity index (χ1v) is 4.67. The largest absolute Gasteiger partial charge is 0.450 e. The van der Waals surface area contributed by atoms with Gasteiger partial charge < -0.3 is 14.6 Å². The van der Waals surface area contributed by atoms with Crippen LogP contribution in [0.2, 0.25) is 0 Å². The lowest BCUT2D eigenvalue weighted by Gasteiger charge is -2.11. The molecule has 1 heterocycles.